The van der Waals surface area contributed by atoms with Gasteiger partial charge in [0.2, 0.25) is 5.82 Å². The van der Waals surface area contributed by atoms with E-state index in [9.17, 15) is 18.0 Å². The molecular formula is C13H12ClF3N4O3. The lowest BCUT2D eigenvalue weighted by atomic mass is 10.2. The van der Waals surface area contributed by atoms with Gasteiger partial charge in [0.05, 0.1) is 18.8 Å². The van der Waals surface area contributed by atoms with Crippen molar-refractivity contribution < 1.29 is 27.2 Å². The fourth-order valence-electron chi connectivity index (χ4n) is 1.55. The molecule has 11 heteroatoms. The fraction of sp³-hybridized carbons (Fsp3) is 0.385. The average Bonchev–Trinajstić information content (AvgIpc) is 3.04. The van der Waals surface area contributed by atoms with Crippen LogP contribution in [0.3, 0.4) is 0 Å². The number of aromatic nitrogens is 3. The second-order valence-electron chi connectivity index (χ2n) is 4.49. The van der Waals surface area contributed by atoms with Crippen LogP contribution >= 0.6 is 11.6 Å². The smallest absolute Gasteiger partial charge is 0.450 e. The molecule has 0 aliphatic rings. The van der Waals surface area contributed by atoms with Crippen LogP contribution in [0.5, 0.6) is 0 Å². The Balaban J connectivity index is 1.91. The quantitative estimate of drug-likeness (QED) is 0.626. The Morgan fingerprint density at radius 2 is 2.17 bits per heavy atom. The molecule has 7 nitrogen and oxygen atoms in total. The van der Waals surface area contributed by atoms with Crippen molar-refractivity contribution in [3.63, 3.8) is 0 Å². The molecule has 0 fully saturated rings. The van der Waals surface area contributed by atoms with Crippen molar-refractivity contribution in [2.24, 2.45) is 0 Å². The van der Waals surface area contributed by atoms with Crippen molar-refractivity contribution in [3.05, 3.63) is 29.9 Å². The number of halogens is 4. The minimum atomic E-state index is -4.70. The minimum absolute atomic E-state index is 0.0973. The van der Waals surface area contributed by atoms with Gasteiger partial charge in [-0.3, -0.25) is 4.98 Å². The van der Waals surface area contributed by atoms with Crippen molar-refractivity contribution in [2.45, 2.75) is 19.1 Å². The predicted octanol–water partition coefficient (Wildman–Crippen LogP) is 3.01. The molecule has 24 heavy (non-hydrogen) atoms. The van der Waals surface area contributed by atoms with Gasteiger partial charge in [0.1, 0.15) is 0 Å². The zero-order chi connectivity index (χ0) is 17.6. The number of nitrogens with zero attached hydrogens (tertiary/aromatic N) is 3. The van der Waals surface area contributed by atoms with E-state index in [1.54, 1.807) is 0 Å². The van der Waals surface area contributed by atoms with Gasteiger partial charge < -0.3 is 14.6 Å². The van der Waals surface area contributed by atoms with Crippen LogP contribution in [-0.4, -0.2) is 33.7 Å². The molecule has 0 aliphatic heterocycles. The first kappa shape index (κ1) is 18.0. The maximum Gasteiger partial charge on any atom is 0.471 e. The monoisotopic (exact) mass is 364 g/mol. The average molecular weight is 365 g/mol. The van der Waals surface area contributed by atoms with E-state index in [2.05, 4.69) is 25.0 Å². The molecule has 2 aromatic heterocycles. The van der Waals surface area contributed by atoms with E-state index in [4.69, 9.17) is 16.3 Å². The highest BCUT2D eigenvalue weighted by atomic mass is 35.5. The molecule has 0 saturated carbocycles. The summed E-state index contributed by atoms with van der Waals surface area (Å²) in [6, 6.07) is 2.98. The highest BCUT2D eigenvalue weighted by Gasteiger charge is 2.38. The summed E-state index contributed by atoms with van der Waals surface area (Å²) in [5, 5.41) is 5.73. The lowest BCUT2D eigenvalue weighted by Gasteiger charge is -2.06. The predicted molar refractivity (Wildman–Crippen MR) is 76.1 cm³/mol. The first-order chi connectivity index (χ1) is 11.4. The number of pyridine rings is 1. The SMILES string of the molecule is O=C(NCc1ccc(-c2noc(C(F)(F)F)n2)cn1)OCCCCl. The second kappa shape index (κ2) is 7.95. The largest absolute Gasteiger partial charge is 0.471 e. The summed E-state index contributed by atoms with van der Waals surface area (Å²) >= 11 is 5.45. The van der Waals surface area contributed by atoms with Gasteiger partial charge in [0.25, 0.3) is 0 Å². The van der Waals surface area contributed by atoms with Crippen molar-refractivity contribution in [2.75, 3.05) is 12.5 Å². The maximum absolute atomic E-state index is 12.4. The number of nitrogens with one attached hydrogen (secondary N) is 1. The van der Waals surface area contributed by atoms with Gasteiger partial charge in [-0.1, -0.05) is 5.16 Å². The first-order valence-corrected chi connectivity index (χ1v) is 7.26. The Hall–Kier alpha value is -2.36. The van der Waals surface area contributed by atoms with Gasteiger partial charge in [-0.05, 0) is 18.6 Å². The Morgan fingerprint density at radius 3 is 2.75 bits per heavy atom. The standard InChI is InChI=1S/C13H12ClF3N4O3/c14-4-1-5-23-12(22)19-7-9-3-2-8(6-18-9)10-20-11(24-21-10)13(15,16)17/h2-3,6H,1,4-5,7H2,(H,19,22). The Morgan fingerprint density at radius 1 is 1.38 bits per heavy atom. The zero-order valence-corrected chi connectivity index (χ0v) is 12.9. The first-order valence-electron chi connectivity index (χ1n) is 6.73. The van der Waals surface area contributed by atoms with Crippen LogP contribution in [0, 0.1) is 0 Å². The number of carbonyl (C=O) groups is 1. The molecule has 1 amide bonds. The van der Waals surface area contributed by atoms with Gasteiger partial charge in [-0.15, -0.1) is 11.6 Å². The number of hydrogen-bond acceptors (Lipinski definition) is 6. The van der Waals surface area contributed by atoms with E-state index in [-0.39, 0.29) is 24.5 Å². The molecule has 0 spiro atoms. The molecule has 0 saturated heterocycles. The van der Waals surface area contributed by atoms with E-state index in [1.165, 1.54) is 18.3 Å². The van der Waals surface area contributed by atoms with Gasteiger partial charge in [-0.2, -0.15) is 18.2 Å². The summed E-state index contributed by atoms with van der Waals surface area (Å²) in [6.07, 6.45) is -3.49. The molecule has 0 radical (unpaired) electrons. The number of rotatable bonds is 6. The van der Waals surface area contributed by atoms with Crippen molar-refractivity contribution in [3.8, 4) is 11.4 Å². The Labute approximate surface area is 139 Å². The molecule has 0 aromatic carbocycles. The molecule has 0 unspecified atom stereocenters. The van der Waals surface area contributed by atoms with E-state index < -0.39 is 18.2 Å². The molecule has 130 valence electrons. The minimum Gasteiger partial charge on any atom is -0.450 e. The highest BCUT2D eigenvalue weighted by Crippen LogP contribution is 2.29. The normalized spacial score (nSPS) is 11.3. The van der Waals surface area contributed by atoms with Gasteiger partial charge in [-0.25, -0.2) is 4.79 Å². The Bertz CT molecular complexity index is 676. The summed E-state index contributed by atoms with van der Waals surface area (Å²) in [5.41, 5.74) is 0.732. The second-order valence-corrected chi connectivity index (χ2v) is 4.87. The van der Waals surface area contributed by atoms with Gasteiger partial charge in [0.15, 0.2) is 0 Å². The zero-order valence-electron chi connectivity index (χ0n) is 12.1. The summed E-state index contributed by atoms with van der Waals surface area (Å²) in [6.45, 7) is 0.307. The summed E-state index contributed by atoms with van der Waals surface area (Å²) in [5.74, 6) is -1.26. The number of hydrogen-bond donors (Lipinski definition) is 1. The van der Waals surface area contributed by atoms with Crippen LogP contribution in [0.2, 0.25) is 0 Å². The molecule has 0 atom stereocenters. The van der Waals surface area contributed by atoms with Crippen LogP contribution in [0.25, 0.3) is 11.4 Å². The molecule has 0 bridgehead atoms. The van der Waals surface area contributed by atoms with Crippen LogP contribution in [0.4, 0.5) is 18.0 Å². The van der Waals surface area contributed by atoms with E-state index in [0.29, 0.717) is 18.0 Å². The van der Waals surface area contributed by atoms with Crippen LogP contribution in [-0.2, 0) is 17.5 Å². The molecule has 1 N–H and O–H groups in total. The molecule has 2 aromatic rings. The number of alkyl halides is 4. The van der Waals surface area contributed by atoms with Crippen molar-refractivity contribution in [1.82, 2.24) is 20.4 Å². The van der Waals surface area contributed by atoms with E-state index >= 15 is 0 Å². The van der Waals surface area contributed by atoms with Crippen LogP contribution in [0.1, 0.15) is 18.0 Å². The molecular weight excluding hydrogens is 353 g/mol. The number of carbonyl (C=O) groups excluding carboxylic acids is 1. The van der Waals surface area contributed by atoms with Gasteiger partial charge >= 0.3 is 18.2 Å². The Kier molecular flexibility index (Phi) is 5.96. The number of ether oxygens (including phenoxy) is 1. The van der Waals surface area contributed by atoms with Gasteiger partial charge in [0, 0.05) is 17.6 Å². The summed E-state index contributed by atoms with van der Waals surface area (Å²) in [4.78, 5) is 18.6. The van der Waals surface area contributed by atoms with Crippen LogP contribution < -0.4 is 5.32 Å². The maximum atomic E-state index is 12.4. The number of alkyl carbamates (subject to hydrolysis) is 1. The third-order valence-electron chi connectivity index (χ3n) is 2.68. The fourth-order valence-corrected chi connectivity index (χ4v) is 1.66. The van der Waals surface area contributed by atoms with Crippen molar-refractivity contribution in [1.29, 1.82) is 0 Å². The van der Waals surface area contributed by atoms with E-state index in [0.717, 1.165) is 0 Å². The summed E-state index contributed by atoms with van der Waals surface area (Å²) < 4.78 is 46.2. The van der Waals surface area contributed by atoms with E-state index in [1.807, 2.05) is 0 Å². The molecule has 0 aliphatic carbocycles. The lowest BCUT2D eigenvalue weighted by molar-refractivity contribution is -0.159. The number of amides is 1. The molecule has 2 heterocycles. The van der Waals surface area contributed by atoms with Crippen LogP contribution in [0.15, 0.2) is 22.9 Å². The third kappa shape index (κ3) is 5.08. The molecule has 2 rings (SSSR count). The highest BCUT2D eigenvalue weighted by molar-refractivity contribution is 6.17. The third-order valence-corrected chi connectivity index (χ3v) is 2.94. The van der Waals surface area contributed by atoms with Crippen molar-refractivity contribution >= 4 is 17.7 Å². The topological polar surface area (TPSA) is 90.1 Å². The lowest BCUT2D eigenvalue weighted by Crippen LogP contribution is -2.24. The summed E-state index contributed by atoms with van der Waals surface area (Å²) in [7, 11) is 0.